The third-order valence-electron chi connectivity index (χ3n) is 3.85. The highest BCUT2D eigenvalue weighted by atomic mass is 16.1. The second-order valence-electron chi connectivity index (χ2n) is 5.33. The van der Waals surface area contributed by atoms with Crippen molar-refractivity contribution in [3.8, 4) is 0 Å². The predicted molar refractivity (Wildman–Crippen MR) is 91.6 cm³/mol. The number of rotatable bonds is 4. The van der Waals surface area contributed by atoms with Crippen molar-refractivity contribution in [3.63, 3.8) is 0 Å². The van der Waals surface area contributed by atoms with Crippen molar-refractivity contribution in [2.45, 2.75) is 6.42 Å². The fourth-order valence-electron chi connectivity index (χ4n) is 2.76. The fraction of sp³-hybridized carbons (Fsp3) is 0.0500. The maximum Gasteiger partial charge on any atom is 0.249 e. The van der Waals surface area contributed by atoms with E-state index in [9.17, 15) is 4.79 Å². The van der Waals surface area contributed by atoms with Gasteiger partial charge in [0.15, 0.2) is 0 Å². The van der Waals surface area contributed by atoms with Gasteiger partial charge in [-0.05, 0) is 33.9 Å². The second kappa shape index (κ2) is 5.86. The molecular formula is C20H17NO. The molecule has 0 bridgehead atoms. The van der Waals surface area contributed by atoms with E-state index >= 15 is 0 Å². The van der Waals surface area contributed by atoms with Crippen molar-refractivity contribution in [1.29, 1.82) is 0 Å². The molecule has 3 aromatic carbocycles. The Morgan fingerprint density at radius 1 is 0.909 bits per heavy atom. The van der Waals surface area contributed by atoms with Crippen LogP contribution in [0.3, 0.4) is 0 Å². The van der Waals surface area contributed by atoms with Gasteiger partial charge in [0.05, 0.1) is 5.56 Å². The van der Waals surface area contributed by atoms with Gasteiger partial charge in [0.2, 0.25) is 5.91 Å². The molecule has 0 radical (unpaired) electrons. The maximum absolute atomic E-state index is 11.9. The van der Waals surface area contributed by atoms with Gasteiger partial charge in [-0.3, -0.25) is 4.79 Å². The molecule has 0 unspecified atom stereocenters. The standard InChI is InChI=1S/C20H17NO/c1-14(15-7-3-2-4-8-15)13-17-12-11-16-9-5-6-10-18(16)19(17)20(21)22/h2-12H,1,13H2,(H2,21,22). The van der Waals surface area contributed by atoms with Gasteiger partial charge in [-0.15, -0.1) is 0 Å². The zero-order chi connectivity index (χ0) is 15.5. The average Bonchev–Trinajstić information content (AvgIpc) is 2.55. The first-order valence-corrected chi connectivity index (χ1v) is 7.20. The normalized spacial score (nSPS) is 10.5. The molecule has 2 N–H and O–H groups in total. The van der Waals surface area contributed by atoms with Gasteiger partial charge in [0.25, 0.3) is 0 Å². The van der Waals surface area contributed by atoms with E-state index in [0.717, 1.165) is 27.5 Å². The SMILES string of the molecule is C=C(Cc1ccc2ccccc2c1C(N)=O)c1ccccc1. The minimum absolute atomic E-state index is 0.396. The van der Waals surface area contributed by atoms with E-state index in [1.54, 1.807) is 0 Å². The van der Waals surface area contributed by atoms with Gasteiger partial charge in [0.1, 0.15) is 0 Å². The number of amides is 1. The van der Waals surface area contributed by atoms with E-state index in [0.29, 0.717) is 12.0 Å². The number of carbonyl (C=O) groups is 1. The highest BCUT2D eigenvalue weighted by molar-refractivity contribution is 6.08. The molecule has 0 heterocycles. The summed E-state index contributed by atoms with van der Waals surface area (Å²) in [6.45, 7) is 4.15. The Morgan fingerprint density at radius 3 is 2.32 bits per heavy atom. The second-order valence-corrected chi connectivity index (χ2v) is 5.33. The molecule has 0 atom stereocenters. The number of fused-ring (bicyclic) bond motifs is 1. The van der Waals surface area contributed by atoms with E-state index in [2.05, 4.69) is 6.58 Å². The molecule has 0 fully saturated rings. The van der Waals surface area contributed by atoms with Crippen LogP contribution in [0.5, 0.6) is 0 Å². The Balaban J connectivity index is 2.06. The smallest absolute Gasteiger partial charge is 0.249 e. The first kappa shape index (κ1) is 14.1. The summed E-state index contributed by atoms with van der Waals surface area (Å²) in [5.41, 5.74) is 9.18. The van der Waals surface area contributed by atoms with Gasteiger partial charge in [-0.2, -0.15) is 0 Å². The van der Waals surface area contributed by atoms with E-state index in [1.807, 2.05) is 66.7 Å². The third kappa shape index (κ3) is 2.63. The summed E-state index contributed by atoms with van der Waals surface area (Å²) in [7, 11) is 0. The summed E-state index contributed by atoms with van der Waals surface area (Å²) in [6.07, 6.45) is 0.604. The van der Waals surface area contributed by atoms with Crippen LogP contribution in [-0.4, -0.2) is 5.91 Å². The highest BCUT2D eigenvalue weighted by Crippen LogP contribution is 2.26. The van der Waals surface area contributed by atoms with E-state index < -0.39 is 5.91 Å². The summed E-state index contributed by atoms with van der Waals surface area (Å²) in [5.74, 6) is -0.396. The lowest BCUT2D eigenvalue weighted by Crippen LogP contribution is -2.14. The summed E-state index contributed by atoms with van der Waals surface area (Å²) in [4.78, 5) is 11.9. The highest BCUT2D eigenvalue weighted by Gasteiger charge is 2.13. The summed E-state index contributed by atoms with van der Waals surface area (Å²) < 4.78 is 0. The van der Waals surface area contributed by atoms with Crippen molar-refractivity contribution in [2.75, 3.05) is 0 Å². The molecule has 2 heteroatoms. The van der Waals surface area contributed by atoms with Crippen molar-refractivity contribution in [2.24, 2.45) is 5.73 Å². The number of benzene rings is 3. The van der Waals surface area contributed by atoms with Gasteiger partial charge >= 0.3 is 0 Å². The minimum Gasteiger partial charge on any atom is -0.366 e. The van der Waals surface area contributed by atoms with Crippen LogP contribution in [0, 0.1) is 0 Å². The van der Waals surface area contributed by atoms with Crippen LogP contribution in [0.1, 0.15) is 21.5 Å². The minimum atomic E-state index is -0.396. The maximum atomic E-state index is 11.9. The monoisotopic (exact) mass is 287 g/mol. The molecule has 2 nitrogen and oxygen atoms in total. The molecule has 0 aliphatic carbocycles. The Bertz CT molecular complexity index is 850. The Kier molecular flexibility index (Phi) is 3.75. The molecular weight excluding hydrogens is 270 g/mol. The summed E-state index contributed by atoms with van der Waals surface area (Å²) in [6, 6.07) is 21.8. The van der Waals surface area contributed by atoms with E-state index in [1.165, 1.54) is 0 Å². The van der Waals surface area contributed by atoms with Crippen molar-refractivity contribution in [1.82, 2.24) is 0 Å². The Hall–Kier alpha value is -2.87. The Labute approximate surface area is 129 Å². The predicted octanol–water partition coefficient (Wildman–Crippen LogP) is 4.19. The van der Waals surface area contributed by atoms with Gasteiger partial charge in [-0.1, -0.05) is 73.3 Å². The average molecular weight is 287 g/mol. The molecule has 0 saturated heterocycles. The Morgan fingerprint density at radius 2 is 1.59 bits per heavy atom. The zero-order valence-electron chi connectivity index (χ0n) is 12.3. The van der Waals surface area contributed by atoms with Crippen LogP contribution < -0.4 is 5.73 Å². The molecule has 0 aliphatic heterocycles. The number of primary amides is 1. The van der Waals surface area contributed by atoms with Crippen molar-refractivity contribution < 1.29 is 4.79 Å². The molecule has 0 spiro atoms. The van der Waals surface area contributed by atoms with Crippen molar-refractivity contribution >= 4 is 22.3 Å². The summed E-state index contributed by atoms with van der Waals surface area (Å²) in [5, 5.41) is 1.92. The molecule has 3 rings (SSSR count). The van der Waals surface area contributed by atoms with Crippen LogP contribution in [-0.2, 0) is 6.42 Å². The number of hydrogen-bond acceptors (Lipinski definition) is 1. The zero-order valence-corrected chi connectivity index (χ0v) is 12.3. The molecule has 22 heavy (non-hydrogen) atoms. The largest absolute Gasteiger partial charge is 0.366 e. The number of hydrogen-bond donors (Lipinski definition) is 1. The first-order chi connectivity index (χ1) is 10.7. The van der Waals surface area contributed by atoms with Crippen LogP contribution in [0.25, 0.3) is 16.3 Å². The number of carbonyl (C=O) groups excluding carboxylic acids is 1. The quantitative estimate of drug-likeness (QED) is 0.768. The van der Waals surface area contributed by atoms with Gasteiger partial charge in [0, 0.05) is 0 Å². The molecule has 0 aromatic heterocycles. The molecule has 0 saturated carbocycles. The lowest BCUT2D eigenvalue weighted by molar-refractivity contribution is 0.100. The van der Waals surface area contributed by atoms with Crippen molar-refractivity contribution in [3.05, 3.63) is 90.0 Å². The third-order valence-corrected chi connectivity index (χ3v) is 3.85. The topological polar surface area (TPSA) is 43.1 Å². The molecule has 108 valence electrons. The van der Waals surface area contributed by atoms with Crippen LogP contribution >= 0.6 is 0 Å². The van der Waals surface area contributed by atoms with Gasteiger partial charge in [-0.25, -0.2) is 0 Å². The van der Waals surface area contributed by atoms with E-state index in [4.69, 9.17) is 5.73 Å². The number of nitrogens with two attached hydrogens (primary N) is 1. The summed E-state index contributed by atoms with van der Waals surface area (Å²) >= 11 is 0. The van der Waals surface area contributed by atoms with Crippen LogP contribution in [0.4, 0.5) is 0 Å². The number of allylic oxidation sites excluding steroid dienone is 1. The molecule has 1 amide bonds. The molecule has 3 aromatic rings. The lowest BCUT2D eigenvalue weighted by atomic mass is 9.92. The molecule has 0 aliphatic rings. The van der Waals surface area contributed by atoms with Crippen LogP contribution in [0.2, 0.25) is 0 Å². The first-order valence-electron chi connectivity index (χ1n) is 7.20. The van der Waals surface area contributed by atoms with E-state index in [-0.39, 0.29) is 0 Å². The van der Waals surface area contributed by atoms with Gasteiger partial charge < -0.3 is 5.73 Å². The lowest BCUT2D eigenvalue weighted by Gasteiger charge is -2.12. The van der Waals surface area contributed by atoms with Crippen LogP contribution in [0.15, 0.2) is 73.3 Å². The fourth-order valence-corrected chi connectivity index (χ4v) is 2.76.